The van der Waals surface area contributed by atoms with Crippen molar-refractivity contribution in [1.82, 2.24) is 29.1 Å². The van der Waals surface area contributed by atoms with Crippen LogP contribution in [0.25, 0.3) is 66.6 Å². The summed E-state index contributed by atoms with van der Waals surface area (Å²) >= 11 is 0. The third-order valence-corrected chi connectivity index (χ3v) is 9.72. The summed E-state index contributed by atoms with van der Waals surface area (Å²) in [5.74, 6) is 4.78. The Morgan fingerprint density at radius 2 is 0.889 bits per heavy atom. The van der Waals surface area contributed by atoms with Crippen LogP contribution < -0.4 is 9.47 Å². The van der Waals surface area contributed by atoms with E-state index in [4.69, 9.17) is 19.4 Å². The number of hydrogen-bond acceptors (Lipinski definition) is 6. The third kappa shape index (κ3) is 5.48. The lowest BCUT2D eigenvalue weighted by Crippen LogP contribution is -1.97. The van der Waals surface area contributed by atoms with E-state index in [2.05, 4.69) is 116 Å². The predicted molar refractivity (Wildman–Crippen MR) is 214 cm³/mol. The summed E-state index contributed by atoms with van der Waals surface area (Å²) in [6.45, 7) is 4.09. The molecule has 0 aliphatic carbocycles. The van der Waals surface area contributed by atoms with Crippen molar-refractivity contribution in [2.24, 2.45) is 0 Å². The molecule has 0 radical (unpaired) electrons. The van der Waals surface area contributed by atoms with E-state index in [0.29, 0.717) is 28.8 Å². The number of benzene rings is 5. The molecular formula is C46H32N6O2. The molecule has 5 aromatic heterocycles. The molecule has 8 heteroatoms. The van der Waals surface area contributed by atoms with Crippen molar-refractivity contribution >= 4 is 43.6 Å². The quantitative estimate of drug-likeness (QED) is 0.165. The molecule has 258 valence electrons. The van der Waals surface area contributed by atoms with Crippen LogP contribution in [0.4, 0.5) is 0 Å². The Hall–Kier alpha value is -7.32. The van der Waals surface area contributed by atoms with Gasteiger partial charge in [-0.2, -0.15) is 0 Å². The lowest BCUT2D eigenvalue weighted by atomic mass is 10.1. The molecule has 0 N–H and O–H groups in total. The van der Waals surface area contributed by atoms with Crippen LogP contribution in [-0.2, 0) is 0 Å². The summed E-state index contributed by atoms with van der Waals surface area (Å²) in [6.07, 6.45) is 7.25. The highest BCUT2D eigenvalue weighted by Gasteiger charge is 2.17. The molecule has 0 atom stereocenters. The van der Waals surface area contributed by atoms with Crippen LogP contribution >= 0.6 is 0 Å². The average molecular weight is 701 g/mol. The van der Waals surface area contributed by atoms with Crippen LogP contribution in [-0.4, -0.2) is 29.1 Å². The predicted octanol–water partition coefficient (Wildman–Crippen LogP) is 11.3. The molecule has 0 amide bonds. The number of hydrogen-bond donors (Lipinski definition) is 0. The molecule has 5 heterocycles. The number of nitrogens with zero attached hydrogens (tertiary/aromatic N) is 6. The lowest BCUT2D eigenvalue weighted by molar-refractivity contribution is 0.461. The second-order valence-corrected chi connectivity index (χ2v) is 13.4. The van der Waals surface area contributed by atoms with E-state index < -0.39 is 0 Å². The zero-order valence-corrected chi connectivity index (χ0v) is 29.5. The van der Waals surface area contributed by atoms with Crippen molar-refractivity contribution in [3.8, 4) is 46.0 Å². The molecule has 0 saturated carbocycles. The van der Waals surface area contributed by atoms with Gasteiger partial charge in [0.05, 0.1) is 22.1 Å². The van der Waals surface area contributed by atoms with Crippen LogP contribution in [0.15, 0.2) is 158 Å². The first-order valence-corrected chi connectivity index (χ1v) is 17.8. The monoisotopic (exact) mass is 700 g/mol. The zero-order chi connectivity index (χ0) is 36.2. The Kier molecular flexibility index (Phi) is 7.40. The highest BCUT2D eigenvalue weighted by molar-refractivity contribution is 6.10. The van der Waals surface area contributed by atoms with Gasteiger partial charge >= 0.3 is 0 Å². The summed E-state index contributed by atoms with van der Waals surface area (Å²) in [5, 5.41) is 4.53. The van der Waals surface area contributed by atoms with E-state index in [1.807, 2.05) is 56.6 Å². The Morgan fingerprint density at radius 1 is 0.407 bits per heavy atom. The van der Waals surface area contributed by atoms with Gasteiger partial charge in [-0.15, -0.1) is 0 Å². The van der Waals surface area contributed by atoms with Gasteiger partial charge in [-0.25, -0.2) is 19.9 Å². The number of fused-ring (bicyclic) bond motifs is 6. The lowest BCUT2D eigenvalue weighted by Gasteiger charge is -2.13. The van der Waals surface area contributed by atoms with Gasteiger partial charge in [-0.3, -0.25) is 9.13 Å². The van der Waals surface area contributed by atoms with Crippen LogP contribution in [0.3, 0.4) is 0 Å². The zero-order valence-electron chi connectivity index (χ0n) is 29.5. The minimum Gasteiger partial charge on any atom is -0.457 e. The highest BCUT2D eigenvalue weighted by Crippen LogP contribution is 2.39. The normalized spacial score (nSPS) is 11.5. The average Bonchev–Trinajstić information content (AvgIpc) is 3.71. The van der Waals surface area contributed by atoms with Crippen molar-refractivity contribution in [2.75, 3.05) is 0 Å². The molecule has 0 unspecified atom stereocenters. The van der Waals surface area contributed by atoms with Crippen LogP contribution in [0, 0.1) is 13.8 Å². The molecule has 0 bridgehead atoms. The van der Waals surface area contributed by atoms with Crippen molar-refractivity contribution in [2.45, 2.75) is 13.8 Å². The Balaban J connectivity index is 1.07. The summed E-state index contributed by atoms with van der Waals surface area (Å²) < 4.78 is 17.7. The number of rotatable bonds is 7. The molecule has 10 aromatic rings. The molecule has 0 aliphatic heterocycles. The number of aromatic nitrogens is 6. The summed E-state index contributed by atoms with van der Waals surface area (Å²) in [7, 11) is 0. The van der Waals surface area contributed by atoms with Crippen LogP contribution in [0.1, 0.15) is 11.1 Å². The van der Waals surface area contributed by atoms with Crippen molar-refractivity contribution in [1.29, 1.82) is 0 Å². The highest BCUT2D eigenvalue weighted by atomic mass is 16.5. The van der Waals surface area contributed by atoms with E-state index >= 15 is 0 Å². The fourth-order valence-electron chi connectivity index (χ4n) is 7.24. The Morgan fingerprint density at radius 3 is 1.37 bits per heavy atom. The summed E-state index contributed by atoms with van der Waals surface area (Å²) in [4.78, 5) is 18.6. The third-order valence-electron chi connectivity index (χ3n) is 9.72. The molecule has 8 nitrogen and oxygen atoms in total. The largest absolute Gasteiger partial charge is 0.457 e. The first-order chi connectivity index (χ1) is 26.6. The molecule has 5 aromatic carbocycles. The minimum atomic E-state index is 0.565. The molecule has 0 saturated heterocycles. The second-order valence-electron chi connectivity index (χ2n) is 13.4. The van der Waals surface area contributed by atoms with Crippen LogP contribution in [0.2, 0.25) is 0 Å². The van der Waals surface area contributed by atoms with E-state index in [1.54, 1.807) is 18.5 Å². The van der Waals surface area contributed by atoms with E-state index in [-0.39, 0.29) is 0 Å². The Bertz CT molecular complexity index is 2820. The van der Waals surface area contributed by atoms with Gasteiger partial charge in [-0.05, 0) is 91.7 Å². The number of aryl methyl sites for hydroxylation is 2. The maximum atomic E-state index is 6.65. The second kappa shape index (κ2) is 12.7. The van der Waals surface area contributed by atoms with E-state index in [0.717, 1.165) is 71.9 Å². The SMILES string of the molecule is Cc1ccc(-n2c3ccccc3c3ccc(Oc4cc(Oc5ccc6c7ccccc7n(-c7ccc(C)cn7)c6c5)cc(-c5ncccn5)c4)cc32)nc1. The Labute approximate surface area is 310 Å². The van der Waals surface area contributed by atoms with E-state index in [1.165, 1.54) is 0 Å². The molecule has 54 heavy (non-hydrogen) atoms. The van der Waals surface area contributed by atoms with Crippen LogP contribution in [0.5, 0.6) is 23.0 Å². The van der Waals surface area contributed by atoms with Gasteiger partial charge in [0.2, 0.25) is 0 Å². The van der Waals surface area contributed by atoms with Gasteiger partial charge in [0.25, 0.3) is 0 Å². The first kappa shape index (κ1) is 31.4. The number of para-hydroxylation sites is 2. The van der Waals surface area contributed by atoms with E-state index in [9.17, 15) is 0 Å². The standard InChI is InChI=1S/C46H32N6O2/c1-29-12-18-44(49-27-29)51-40-10-5-3-8-36(40)38-16-14-32(25-42(38)51)53-34-22-31(46-47-20-7-21-48-46)23-35(24-34)54-33-15-17-39-37-9-4-6-11-41(37)52(43(39)26-33)45-19-13-30(2)28-50-45/h3-28H,1-2H3. The van der Waals surface area contributed by atoms with Crippen molar-refractivity contribution in [3.63, 3.8) is 0 Å². The topological polar surface area (TPSA) is 79.9 Å². The van der Waals surface area contributed by atoms with Crippen molar-refractivity contribution < 1.29 is 9.47 Å². The van der Waals surface area contributed by atoms with Gasteiger partial charge in [0.15, 0.2) is 5.82 Å². The van der Waals surface area contributed by atoms with Crippen molar-refractivity contribution in [3.05, 3.63) is 169 Å². The molecule has 0 spiro atoms. The summed E-state index contributed by atoms with van der Waals surface area (Å²) in [5.41, 5.74) is 7.12. The summed E-state index contributed by atoms with van der Waals surface area (Å²) in [6, 6.07) is 45.0. The van der Waals surface area contributed by atoms with Gasteiger partial charge in [-0.1, -0.05) is 48.5 Å². The molecule has 0 fully saturated rings. The fraction of sp³-hybridized carbons (Fsp3) is 0.0435. The maximum absolute atomic E-state index is 6.65. The fourth-order valence-corrected chi connectivity index (χ4v) is 7.24. The first-order valence-electron chi connectivity index (χ1n) is 17.8. The number of pyridine rings is 2. The molecule has 10 rings (SSSR count). The van der Waals surface area contributed by atoms with Gasteiger partial charge < -0.3 is 9.47 Å². The molecular weight excluding hydrogens is 669 g/mol. The maximum Gasteiger partial charge on any atom is 0.159 e. The minimum absolute atomic E-state index is 0.565. The van der Waals surface area contributed by atoms with Gasteiger partial charge in [0, 0.05) is 70.1 Å². The molecule has 0 aliphatic rings. The number of ether oxygens (including phenoxy) is 2. The van der Waals surface area contributed by atoms with Gasteiger partial charge in [0.1, 0.15) is 34.6 Å². The smallest absolute Gasteiger partial charge is 0.159 e.